The average Bonchev–Trinajstić information content (AvgIpc) is 3.31. The van der Waals surface area contributed by atoms with Crippen molar-refractivity contribution >= 4 is 41.4 Å². The summed E-state index contributed by atoms with van der Waals surface area (Å²) in [6, 6.07) is 7.36. The number of carbonyl (C=O) groups is 2. The number of fused-ring (bicyclic) bond motifs is 1. The van der Waals surface area contributed by atoms with Crippen LogP contribution in [0.4, 0.5) is 10.3 Å². The van der Waals surface area contributed by atoms with Crippen molar-refractivity contribution in [3.05, 3.63) is 70.1 Å². The lowest BCUT2D eigenvalue weighted by Gasteiger charge is -2.26. The number of aliphatic hydroxyl groups is 1. The van der Waals surface area contributed by atoms with Crippen molar-refractivity contribution in [2.75, 3.05) is 25.6 Å². The van der Waals surface area contributed by atoms with Crippen LogP contribution >= 0.6 is 11.6 Å². The van der Waals surface area contributed by atoms with Crippen molar-refractivity contribution in [1.82, 2.24) is 25.6 Å². The first-order chi connectivity index (χ1) is 20.2. The van der Waals surface area contributed by atoms with E-state index >= 15 is 0 Å². The molecular weight excluding hydrogens is 567 g/mol. The maximum atomic E-state index is 14.1. The van der Waals surface area contributed by atoms with Gasteiger partial charge in [0.05, 0.1) is 42.4 Å². The molecule has 1 aliphatic heterocycles. The Hall–Kier alpha value is -4.62. The van der Waals surface area contributed by atoms with Crippen molar-refractivity contribution in [2.24, 2.45) is 5.10 Å². The highest BCUT2D eigenvalue weighted by molar-refractivity contribution is 6.34. The molecule has 0 saturated heterocycles. The summed E-state index contributed by atoms with van der Waals surface area (Å²) in [5.74, 6) is -0.843. The van der Waals surface area contributed by atoms with Crippen molar-refractivity contribution in [2.45, 2.75) is 32.5 Å². The molecule has 0 bridgehead atoms. The summed E-state index contributed by atoms with van der Waals surface area (Å²) in [6.45, 7) is 3.38. The zero-order valence-corrected chi connectivity index (χ0v) is 23.9. The van der Waals surface area contributed by atoms with E-state index in [2.05, 4.69) is 31.1 Å². The number of hydrazone groups is 1. The normalized spacial score (nSPS) is 14.2. The fourth-order valence-corrected chi connectivity index (χ4v) is 4.65. The lowest BCUT2D eigenvalue weighted by molar-refractivity contribution is -0.126. The predicted molar refractivity (Wildman–Crippen MR) is 156 cm³/mol. The van der Waals surface area contributed by atoms with Gasteiger partial charge in [0.1, 0.15) is 17.6 Å². The van der Waals surface area contributed by atoms with Crippen LogP contribution in [0.1, 0.15) is 41.4 Å². The maximum Gasteiger partial charge on any atom is 0.255 e. The van der Waals surface area contributed by atoms with Gasteiger partial charge in [-0.05, 0) is 43.2 Å². The molecule has 0 fully saturated rings. The quantitative estimate of drug-likeness (QED) is 0.128. The van der Waals surface area contributed by atoms with E-state index in [9.17, 15) is 19.1 Å². The number of aromatic nitrogens is 2. The predicted octanol–water partition coefficient (Wildman–Crippen LogP) is 3.12. The summed E-state index contributed by atoms with van der Waals surface area (Å²) in [5, 5.41) is 27.0. The molecule has 1 aromatic heterocycles. The average molecular weight is 597 g/mol. The minimum atomic E-state index is -0.907. The van der Waals surface area contributed by atoms with Crippen molar-refractivity contribution < 1.29 is 23.8 Å². The topological polar surface area (TPSA) is 165 Å². The van der Waals surface area contributed by atoms with E-state index in [4.69, 9.17) is 21.7 Å². The molecule has 0 spiro atoms. The Labute approximate surface area is 246 Å². The van der Waals surface area contributed by atoms with E-state index in [-0.39, 0.29) is 35.0 Å². The second kappa shape index (κ2) is 13.4. The molecule has 2 atom stereocenters. The summed E-state index contributed by atoms with van der Waals surface area (Å²) in [6.07, 6.45) is 2.39. The molecule has 0 aliphatic carbocycles. The van der Waals surface area contributed by atoms with Gasteiger partial charge >= 0.3 is 0 Å². The zero-order valence-electron chi connectivity index (χ0n) is 23.1. The summed E-state index contributed by atoms with van der Waals surface area (Å²) >= 11 is 6.38. The SMILES string of the molecule is CCOc1cc(F)cc([C@@H](CO)NC(=O)[C@@H](C)N2Cc3ccc(-c4nc(N/C(C=N)=N/NC)ncc4Cl)cc3C2=O)c1. The molecule has 220 valence electrons. The van der Waals surface area contributed by atoms with Gasteiger partial charge in [-0.2, -0.15) is 5.10 Å². The van der Waals surface area contributed by atoms with Crippen LogP contribution in [0, 0.1) is 11.2 Å². The highest BCUT2D eigenvalue weighted by Crippen LogP contribution is 2.32. The monoisotopic (exact) mass is 596 g/mol. The summed E-state index contributed by atoms with van der Waals surface area (Å²) < 4.78 is 19.5. The fraction of sp³-hybridized carbons (Fsp3) is 0.286. The number of nitrogens with zero attached hydrogens (tertiary/aromatic N) is 4. The maximum absolute atomic E-state index is 14.1. The van der Waals surface area contributed by atoms with Crippen LogP contribution in [0.15, 0.2) is 47.7 Å². The van der Waals surface area contributed by atoms with Crippen LogP contribution in [0.5, 0.6) is 5.75 Å². The number of halogens is 2. The third-order valence-corrected chi connectivity index (χ3v) is 6.80. The van der Waals surface area contributed by atoms with Gasteiger partial charge in [-0.1, -0.05) is 23.7 Å². The fourth-order valence-electron chi connectivity index (χ4n) is 4.45. The van der Waals surface area contributed by atoms with Gasteiger partial charge in [-0.25, -0.2) is 14.4 Å². The summed E-state index contributed by atoms with van der Waals surface area (Å²) in [4.78, 5) is 36.6. The lowest BCUT2D eigenvalue weighted by atomic mass is 10.0. The minimum absolute atomic E-state index is 0.149. The number of rotatable bonds is 11. The van der Waals surface area contributed by atoms with E-state index < -0.39 is 30.4 Å². The van der Waals surface area contributed by atoms with Crippen LogP contribution < -0.4 is 20.8 Å². The molecular formula is C28H30ClFN8O4. The molecule has 5 N–H and O–H groups in total. The first-order valence-electron chi connectivity index (χ1n) is 13.0. The second-order valence-corrected chi connectivity index (χ2v) is 9.67. The van der Waals surface area contributed by atoms with E-state index in [0.717, 1.165) is 6.21 Å². The summed E-state index contributed by atoms with van der Waals surface area (Å²) in [7, 11) is 1.59. The van der Waals surface area contributed by atoms with Crippen molar-refractivity contribution in [3.63, 3.8) is 0 Å². The third-order valence-electron chi connectivity index (χ3n) is 6.52. The molecule has 1 aliphatic rings. The molecule has 2 aromatic carbocycles. The van der Waals surface area contributed by atoms with Crippen LogP contribution in [0.2, 0.25) is 5.02 Å². The molecule has 42 heavy (non-hydrogen) atoms. The summed E-state index contributed by atoms with van der Waals surface area (Å²) in [5.41, 5.74) is 4.91. The van der Waals surface area contributed by atoms with Gasteiger partial charge in [0.2, 0.25) is 11.9 Å². The molecule has 0 radical (unpaired) electrons. The number of carbonyl (C=O) groups excluding carboxylic acids is 2. The Bertz CT molecular complexity index is 1540. The Morgan fingerprint density at radius 2 is 2.12 bits per heavy atom. The largest absolute Gasteiger partial charge is 0.494 e. The molecule has 0 saturated carbocycles. The Kier molecular flexibility index (Phi) is 9.65. The number of benzene rings is 2. The Balaban J connectivity index is 1.52. The van der Waals surface area contributed by atoms with E-state index in [1.165, 1.54) is 23.2 Å². The Morgan fingerprint density at radius 3 is 2.81 bits per heavy atom. The van der Waals surface area contributed by atoms with Crippen molar-refractivity contribution in [1.29, 1.82) is 5.41 Å². The number of amides is 2. The highest BCUT2D eigenvalue weighted by atomic mass is 35.5. The molecule has 14 heteroatoms. The van der Waals surface area contributed by atoms with Gasteiger partial charge in [-0.15, -0.1) is 0 Å². The van der Waals surface area contributed by atoms with Gasteiger partial charge in [0, 0.05) is 30.8 Å². The van der Waals surface area contributed by atoms with Crippen LogP contribution in [0.25, 0.3) is 11.3 Å². The molecule has 0 unspecified atom stereocenters. The van der Waals surface area contributed by atoms with E-state index in [1.807, 2.05) is 0 Å². The number of hydrogen-bond donors (Lipinski definition) is 5. The van der Waals surface area contributed by atoms with E-state index in [0.29, 0.717) is 34.6 Å². The number of aliphatic hydroxyl groups excluding tert-OH is 1. The Morgan fingerprint density at radius 1 is 1.33 bits per heavy atom. The smallest absolute Gasteiger partial charge is 0.255 e. The standard InChI is InChI=1S/C28H30ClFN8O4/c1-4-42-20-8-18(7-19(30)10-20)23(14-39)34-26(40)15(2)38-13-17-6-5-16(9-21(17)27(38)41)25-22(29)12-33-28(36-25)35-24(11-31)37-32-3/h5-12,15,23,31-32,39H,4,13-14H2,1-3H3,(H,34,40)(H,33,35,36,37)/t15-,23-/m1/s1. The van der Waals surface area contributed by atoms with Gasteiger partial charge in [0.15, 0.2) is 5.84 Å². The van der Waals surface area contributed by atoms with Crippen molar-refractivity contribution in [3.8, 4) is 17.0 Å². The van der Waals surface area contributed by atoms with Crippen LogP contribution in [-0.4, -0.2) is 70.1 Å². The molecule has 2 amide bonds. The van der Waals surface area contributed by atoms with Gasteiger partial charge in [0.25, 0.3) is 5.91 Å². The van der Waals surface area contributed by atoms with E-state index in [1.54, 1.807) is 45.2 Å². The minimum Gasteiger partial charge on any atom is -0.494 e. The number of ether oxygens (including phenoxy) is 1. The number of nitrogens with one attached hydrogen (secondary N) is 4. The highest BCUT2D eigenvalue weighted by Gasteiger charge is 2.35. The number of hydrogen-bond acceptors (Lipinski definition) is 9. The zero-order chi connectivity index (χ0) is 30.4. The van der Waals surface area contributed by atoms with Crippen LogP contribution in [0.3, 0.4) is 0 Å². The van der Waals surface area contributed by atoms with Gasteiger partial charge in [-0.3, -0.25) is 9.59 Å². The second-order valence-electron chi connectivity index (χ2n) is 9.26. The third kappa shape index (κ3) is 6.64. The lowest BCUT2D eigenvalue weighted by Crippen LogP contribution is -2.46. The number of amidine groups is 1. The van der Waals surface area contributed by atoms with Crippen LogP contribution in [-0.2, 0) is 11.3 Å². The molecule has 3 aromatic rings. The molecule has 2 heterocycles. The number of anilines is 1. The first kappa shape index (κ1) is 30.3. The van der Waals surface area contributed by atoms with Gasteiger partial charge < -0.3 is 36.2 Å². The molecule has 12 nitrogen and oxygen atoms in total. The first-order valence-corrected chi connectivity index (χ1v) is 13.4. The molecule has 4 rings (SSSR count).